The van der Waals surface area contributed by atoms with E-state index in [0.29, 0.717) is 37.5 Å². The lowest BCUT2D eigenvalue weighted by atomic mass is 9.86. The van der Waals surface area contributed by atoms with Crippen molar-refractivity contribution in [2.45, 2.75) is 36.5 Å². The van der Waals surface area contributed by atoms with Crippen LogP contribution in [0, 0.1) is 5.92 Å². The molecule has 0 unspecified atom stereocenters. The van der Waals surface area contributed by atoms with E-state index in [0.717, 1.165) is 5.70 Å². The predicted molar refractivity (Wildman–Crippen MR) is 104 cm³/mol. The van der Waals surface area contributed by atoms with E-state index in [2.05, 4.69) is 15.8 Å². The number of hydrogen-bond donors (Lipinski definition) is 2. The van der Waals surface area contributed by atoms with Gasteiger partial charge in [-0.15, -0.1) is 0 Å². The molecule has 1 aromatic rings. The first-order chi connectivity index (χ1) is 12.7. The summed E-state index contributed by atoms with van der Waals surface area (Å²) in [7, 11) is -1.73. The fourth-order valence-corrected chi connectivity index (χ4v) is 5.57. The summed E-state index contributed by atoms with van der Waals surface area (Å²) < 4.78 is 27.1. The zero-order valence-corrected chi connectivity index (χ0v) is 16.8. The topological polar surface area (TPSA) is 95.8 Å². The van der Waals surface area contributed by atoms with Crippen molar-refractivity contribution in [2.75, 3.05) is 19.6 Å². The maximum absolute atomic E-state index is 13.2. The summed E-state index contributed by atoms with van der Waals surface area (Å²) in [6.45, 7) is 5.16. The zero-order chi connectivity index (χ0) is 19.7. The molecule has 0 bridgehead atoms. The molecule has 148 valence electrons. The minimum absolute atomic E-state index is 0.0100. The van der Waals surface area contributed by atoms with Gasteiger partial charge >= 0.3 is 6.03 Å². The maximum Gasteiger partial charge on any atom is 0.321 e. The number of likely N-dealkylation sites (tertiary alicyclic amines) is 1. The van der Waals surface area contributed by atoms with Gasteiger partial charge in [0.15, 0.2) is 9.84 Å². The molecular formula is C18H27N5O3S. The number of carbonyl (C=O) groups excluding carboxylic acids is 1. The van der Waals surface area contributed by atoms with E-state index in [-0.39, 0.29) is 11.9 Å². The van der Waals surface area contributed by atoms with Gasteiger partial charge in [0, 0.05) is 38.2 Å². The third-order valence-electron chi connectivity index (χ3n) is 5.61. The Kier molecular flexibility index (Phi) is 5.32. The second-order valence-corrected chi connectivity index (χ2v) is 10.0. The lowest BCUT2D eigenvalue weighted by Crippen LogP contribution is -2.50. The molecule has 2 amide bonds. The van der Waals surface area contributed by atoms with Gasteiger partial charge in [0.1, 0.15) is 5.03 Å². The standard InChI is InChI=1S/C18H27N5O3S/c1-18(2,27(25,26)16-5-4-10-22(16)3)14-7-11-23(12-8-14)17(24)21-15-6-9-19-20-13-15/h4-6,9-10,14,20H,7-8,11-13H2,1-3H3,(H,21,24). The highest BCUT2D eigenvalue weighted by Gasteiger charge is 2.45. The summed E-state index contributed by atoms with van der Waals surface area (Å²) in [6, 6.07) is 3.24. The van der Waals surface area contributed by atoms with Crippen LogP contribution >= 0.6 is 0 Å². The Morgan fingerprint density at radius 3 is 2.59 bits per heavy atom. The molecule has 0 radical (unpaired) electrons. The minimum Gasteiger partial charge on any atom is -0.342 e. The molecule has 1 fully saturated rings. The number of nitrogens with one attached hydrogen (secondary N) is 2. The van der Waals surface area contributed by atoms with Gasteiger partial charge in [-0.3, -0.25) is 0 Å². The van der Waals surface area contributed by atoms with Gasteiger partial charge in [0.05, 0.1) is 11.3 Å². The molecule has 8 nitrogen and oxygen atoms in total. The number of sulfone groups is 1. The van der Waals surface area contributed by atoms with Crippen molar-refractivity contribution in [3.63, 3.8) is 0 Å². The number of nitrogens with zero attached hydrogens (tertiary/aromatic N) is 3. The van der Waals surface area contributed by atoms with E-state index in [4.69, 9.17) is 0 Å². The van der Waals surface area contributed by atoms with Gasteiger partial charge < -0.3 is 20.2 Å². The van der Waals surface area contributed by atoms with Gasteiger partial charge in [-0.1, -0.05) is 0 Å². The second-order valence-electron chi connectivity index (χ2n) is 7.56. The van der Waals surface area contributed by atoms with Gasteiger partial charge in [-0.25, -0.2) is 13.2 Å². The summed E-state index contributed by atoms with van der Waals surface area (Å²) in [5, 5.41) is 7.07. The van der Waals surface area contributed by atoms with Crippen LogP contribution in [-0.2, 0) is 16.9 Å². The van der Waals surface area contributed by atoms with Crippen molar-refractivity contribution in [1.29, 1.82) is 0 Å². The summed E-state index contributed by atoms with van der Waals surface area (Å²) in [4.78, 5) is 14.2. The molecule has 9 heteroatoms. The van der Waals surface area contributed by atoms with E-state index in [1.807, 2.05) is 0 Å². The molecule has 2 aliphatic rings. The lowest BCUT2D eigenvalue weighted by Gasteiger charge is -2.40. The molecule has 0 saturated carbocycles. The number of rotatable bonds is 4. The fraction of sp³-hybridized carbons (Fsp3) is 0.556. The molecule has 3 rings (SSSR count). The molecular weight excluding hydrogens is 366 g/mol. The molecule has 0 aliphatic carbocycles. The number of urea groups is 1. The summed E-state index contributed by atoms with van der Waals surface area (Å²) in [5.74, 6) is -0.0100. The molecule has 0 spiro atoms. The van der Waals surface area contributed by atoms with Crippen LogP contribution in [0.4, 0.5) is 4.79 Å². The maximum atomic E-state index is 13.2. The van der Waals surface area contributed by atoms with Crippen molar-refractivity contribution in [1.82, 2.24) is 20.2 Å². The molecule has 3 heterocycles. The summed E-state index contributed by atoms with van der Waals surface area (Å²) >= 11 is 0. The summed E-state index contributed by atoms with van der Waals surface area (Å²) in [6.07, 6.45) is 6.42. The van der Waals surface area contributed by atoms with Crippen LogP contribution in [-0.4, -0.2) is 54.5 Å². The largest absolute Gasteiger partial charge is 0.342 e. The molecule has 0 atom stereocenters. The lowest BCUT2D eigenvalue weighted by molar-refractivity contribution is 0.162. The number of amides is 2. The van der Waals surface area contributed by atoms with Crippen molar-refractivity contribution >= 4 is 22.1 Å². The first-order valence-corrected chi connectivity index (χ1v) is 10.6. The quantitative estimate of drug-likeness (QED) is 0.810. The van der Waals surface area contributed by atoms with E-state index in [1.54, 1.807) is 61.0 Å². The zero-order valence-electron chi connectivity index (χ0n) is 16.0. The Morgan fingerprint density at radius 1 is 1.33 bits per heavy atom. The highest BCUT2D eigenvalue weighted by molar-refractivity contribution is 7.92. The first kappa shape index (κ1) is 19.5. The Labute approximate surface area is 160 Å². The number of aromatic nitrogens is 1. The van der Waals surface area contributed by atoms with E-state index < -0.39 is 14.6 Å². The third-order valence-corrected chi connectivity index (χ3v) is 8.30. The van der Waals surface area contributed by atoms with Crippen LogP contribution in [0.5, 0.6) is 0 Å². The number of allylic oxidation sites excluding steroid dienone is 1. The Bertz CT molecular complexity index is 861. The van der Waals surface area contributed by atoms with E-state index in [9.17, 15) is 13.2 Å². The third kappa shape index (κ3) is 3.73. The average molecular weight is 394 g/mol. The van der Waals surface area contributed by atoms with Crippen LogP contribution < -0.4 is 10.7 Å². The average Bonchev–Trinajstić information content (AvgIpc) is 3.09. The monoisotopic (exact) mass is 393 g/mol. The van der Waals surface area contributed by atoms with Gasteiger partial charge in [0.25, 0.3) is 0 Å². The first-order valence-electron chi connectivity index (χ1n) is 9.10. The molecule has 1 aromatic heterocycles. The molecule has 2 aliphatic heterocycles. The number of piperidine rings is 1. The van der Waals surface area contributed by atoms with Crippen molar-refractivity contribution in [2.24, 2.45) is 18.1 Å². The Morgan fingerprint density at radius 2 is 2.04 bits per heavy atom. The highest BCUT2D eigenvalue weighted by Crippen LogP contribution is 2.37. The van der Waals surface area contributed by atoms with Crippen LogP contribution in [0.15, 0.2) is 40.2 Å². The normalized spacial score (nSPS) is 18.8. The molecule has 1 saturated heterocycles. The van der Waals surface area contributed by atoms with E-state index >= 15 is 0 Å². The number of hydrazone groups is 1. The van der Waals surface area contributed by atoms with Gasteiger partial charge in [-0.05, 0) is 50.8 Å². The molecule has 2 N–H and O–H groups in total. The second kappa shape index (κ2) is 7.38. The van der Waals surface area contributed by atoms with Crippen LogP contribution in [0.2, 0.25) is 0 Å². The minimum atomic E-state index is -3.47. The SMILES string of the molecule is Cn1cccc1S(=O)(=O)C(C)(C)C1CCN(C(=O)NC2=CC=NNC2)CC1. The van der Waals surface area contributed by atoms with Crippen molar-refractivity contribution in [3.8, 4) is 0 Å². The number of hydrogen-bond acceptors (Lipinski definition) is 5. The molecule has 0 aromatic carbocycles. The smallest absolute Gasteiger partial charge is 0.321 e. The van der Waals surface area contributed by atoms with Gasteiger partial charge in [-0.2, -0.15) is 5.10 Å². The van der Waals surface area contributed by atoms with Crippen molar-refractivity contribution in [3.05, 3.63) is 30.1 Å². The Hall–Kier alpha value is -2.29. The number of carbonyl (C=O) groups is 1. The van der Waals surface area contributed by atoms with Crippen LogP contribution in [0.1, 0.15) is 26.7 Å². The molecule has 27 heavy (non-hydrogen) atoms. The highest BCUT2D eigenvalue weighted by atomic mass is 32.2. The van der Waals surface area contributed by atoms with Crippen molar-refractivity contribution < 1.29 is 13.2 Å². The van der Waals surface area contributed by atoms with Crippen LogP contribution in [0.25, 0.3) is 0 Å². The summed E-state index contributed by atoms with van der Waals surface area (Å²) in [5.41, 5.74) is 3.57. The predicted octanol–water partition coefficient (Wildman–Crippen LogP) is 1.47. The number of aryl methyl sites for hydroxylation is 1. The fourth-order valence-electron chi connectivity index (χ4n) is 3.66. The van der Waals surface area contributed by atoms with Gasteiger partial charge in [0.2, 0.25) is 0 Å². The van der Waals surface area contributed by atoms with Crippen LogP contribution in [0.3, 0.4) is 0 Å². The van der Waals surface area contributed by atoms with E-state index in [1.165, 1.54) is 0 Å². The Balaban J connectivity index is 1.64.